The van der Waals surface area contributed by atoms with Crippen molar-refractivity contribution in [1.82, 2.24) is 0 Å². The molecule has 565 valence electrons. The molecule has 5 aliphatic carbocycles. The van der Waals surface area contributed by atoms with Crippen LogP contribution in [-0.4, -0.2) is 63.6 Å². The molecule has 10 rings (SSSR count). The van der Waals surface area contributed by atoms with Crippen LogP contribution in [0.5, 0.6) is 0 Å². The number of rotatable bonds is 30. The molecular formula is C85H130F5O5S5. The Balaban J connectivity index is 0.000000617. The Kier molecular flexibility index (Phi) is 54.8. The molecular weight excluding hydrogens is 1360 g/mol. The van der Waals surface area contributed by atoms with Crippen molar-refractivity contribution in [2.24, 2.45) is 29.6 Å². The minimum Gasteiger partial charge on any atom is -0.378 e. The average Bonchev–Trinajstić information content (AvgIpc) is 1.06. The van der Waals surface area contributed by atoms with Gasteiger partial charge in [-0.15, -0.1) is 0 Å². The largest absolute Gasteiger partial charge is 0.378 e. The van der Waals surface area contributed by atoms with Crippen molar-refractivity contribution in [3.05, 3.63) is 149 Å². The van der Waals surface area contributed by atoms with Gasteiger partial charge in [-0.1, -0.05) is 158 Å². The van der Waals surface area contributed by atoms with Crippen molar-refractivity contribution in [2.75, 3.05) is 33.0 Å². The zero-order valence-electron chi connectivity index (χ0n) is 61.7. The minimum absolute atomic E-state index is 0. The molecule has 5 nitrogen and oxygen atoms in total. The molecule has 0 bridgehead atoms. The number of hydrogen-bond donors (Lipinski definition) is 0. The highest BCUT2D eigenvalue weighted by Crippen LogP contribution is 2.35. The molecule has 0 aromatic heterocycles. The Bertz CT molecular complexity index is 2220. The van der Waals surface area contributed by atoms with Crippen LogP contribution in [0.1, 0.15) is 255 Å². The molecule has 5 saturated carbocycles. The Morgan fingerprint density at radius 1 is 0.220 bits per heavy atom. The van der Waals surface area contributed by atoms with Gasteiger partial charge in [0.1, 0.15) is 0 Å². The fourth-order valence-corrected chi connectivity index (χ4v) is 15.2. The molecule has 0 heterocycles. The van der Waals surface area contributed by atoms with Gasteiger partial charge in [-0.05, 0) is 343 Å². The summed E-state index contributed by atoms with van der Waals surface area (Å²) in [4.78, 5) is 4.71. The van der Waals surface area contributed by atoms with Crippen LogP contribution >= 0.6 is 63.1 Å². The molecule has 0 amide bonds. The topological polar surface area (TPSA) is 46.2 Å². The highest BCUT2D eigenvalue weighted by Gasteiger charge is 2.26. The number of hydrogen-bond acceptors (Lipinski definition) is 5. The van der Waals surface area contributed by atoms with Gasteiger partial charge in [0.15, 0.2) is 0 Å². The monoisotopic (exact) mass is 1490 g/mol. The number of aryl methyl sites for hydroxylation is 5. The van der Waals surface area contributed by atoms with E-state index in [2.05, 4.69) is 95.3 Å². The number of halogens is 5. The van der Waals surface area contributed by atoms with Crippen molar-refractivity contribution < 1.29 is 47.2 Å². The fraction of sp³-hybridized carbons (Fsp3) is 0.647. The molecule has 0 spiro atoms. The lowest BCUT2D eigenvalue weighted by Gasteiger charge is -2.28. The normalized spacial score (nSPS) is 22.2. The molecule has 0 N–H and O–H groups in total. The number of ether oxygens (including phenoxy) is 5. The van der Waals surface area contributed by atoms with Crippen molar-refractivity contribution in [1.29, 1.82) is 0 Å². The lowest BCUT2D eigenvalue weighted by atomic mass is 9.84. The Morgan fingerprint density at radius 3 is 0.470 bits per heavy atom. The van der Waals surface area contributed by atoms with Gasteiger partial charge in [0.25, 0.3) is 0 Å². The highest BCUT2D eigenvalue weighted by atomic mass is 32.1. The molecule has 5 radical (unpaired) electrons. The molecule has 0 aliphatic heterocycles. The summed E-state index contributed by atoms with van der Waals surface area (Å²) >= 11 is 25.6. The van der Waals surface area contributed by atoms with Crippen molar-refractivity contribution in [3.63, 3.8) is 0 Å². The molecule has 100 heavy (non-hydrogen) atoms. The lowest BCUT2D eigenvalue weighted by molar-refractivity contribution is 0.0176. The standard InChI is InChI=1S/5C17H25OS.5FH/c5*1-2-13-18-16-9-5-14(6-10-16)3-4-15-7-11-17(19)12-8-15;;;;;/h5*7-8,11-12,14,16H,2-6,9-10,13H2,1H3;5*1H/t5*14-,16-;;;;;. The van der Waals surface area contributed by atoms with Crippen LogP contribution in [0.25, 0.3) is 0 Å². The van der Waals surface area contributed by atoms with Gasteiger partial charge in [-0.2, -0.15) is 0 Å². The summed E-state index contributed by atoms with van der Waals surface area (Å²) in [5.74, 6) is 4.47. The molecule has 0 atom stereocenters. The van der Waals surface area contributed by atoms with E-state index < -0.39 is 0 Å². The summed E-state index contributed by atoms with van der Waals surface area (Å²) in [6.07, 6.45) is 46.9. The van der Waals surface area contributed by atoms with Gasteiger partial charge in [0.05, 0.1) is 30.5 Å². The van der Waals surface area contributed by atoms with Gasteiger partial charge in [-0.3, -0.25) is 23.5 Å². The number of benzene rings is 5. The smallest absolute Gasteiger partial charge is 0.0575 e. The minimum atomic E-state index is 0. The van der Waals surface area contributed by atoms with E-state index in [0.717, 1.165) is 119 Å². The molecule has 0 saturated heterocycles. The van der Waals surface area contributed by atoms with Crippen molar-refractivity contribution in [3.8, 4) is 0 Å². The molecule has 5 fully saturated rings. The van der Waals surface area contributed by atoms with E-state index in [0.29, 0.717) is 30.5 Å². The van der Waals surface area contributed by atoms with E-state index in [-0.39, 0.29) is 23.5 Å². The zero-order valence-corrected chi connectivity index (χ0v) is 65.8. The second-order valence-corrected chi connectivity index (χ2v) is 30.8. The third-order valence-electron chi connectivity index (χ3n) is 20.6. The van der Waals surface area contributed by atoms with Crippen LogP contribution in [0, 0.1) is 29.6 Å². The SMILES string of the molecule is CCCO[C@H]1CC[C@H](CCc2ccc([S])cc2)CC1.CCCO[C@H]1CC[C@H](CCc2ccc([S])cc2)CC1.CCCO[C@H]1CC[C@H](CCc2ccc([S])cc2)CC1.CCCO[C@H]1CC[C@H](CCc2ccc([S])cc2)CC1.CCCO[C@H]1CC[C@H](CCc2ccc([S])cc2)CC1.F.F.F.F.F. The maximum Gasteiger partial charge on any atom is 0.0575 e. The van der Waals surface area contributed by atoms with E-state index >= 15 is 0 Å². The van der Waals surface area contributed by atoms with E-state index in [9.17, 15) is 0 Å². The first kappa shape index (κ1) is 94.7. The van der Waals surface area contributed by atoms with Crippen LogP contribution in [0.2, 0.25) is 0 Å². The summed E-state index contributed by atoms with van der Waals surface area (Å²) in [5.41, 5.74) is 7.14. The summed E-state index contributed by atoms with van der Waals surface area (Å²) in [6, 6.07) is 42.2. The van der Waals surface area contributed by atoms with Gasteiger partial charge < -0.3 is 23.7 Å². The summed E-state index contributed by atoms with van der Waals surface area (Å²) in [5, 5.41) is 0. The van der Waals surface area contributed by atoms with E-state index in [1.165, 1.54) is 220 Å². The molecule has 0 unspecified atom stereocenters. The fourth-order valence-electron chi connectivity index (χ4n) is 14.5. The van der Waals surface area contributed by atoms with E-state index in [1.54, 1.807) is 0 Å². The van der Waals surface area contributed by atoms with Crippen LogP contribution in [-0.2, 0) is 55.8 Å². The van der Waals surface area contributed by atoms with Crippen molar-refractivity contribution >= 4 is 63.1 Å². The first-order valence-electron chi connectivity index (χ1n) is 38.3. The van der Waals surface area contributed by atoms with Crippen LogP contribution in [0.3, 0.4) is 0 Å². The Hall–Kier alpha value is -3.35. The van der Waals surface area contributed by atoms with Crippen molar-refractivity contribution in [2.45, 2.75) is 314 Å². The highest BCUT2D eigenvalue weighted by molar-refractivity contribution is 7.81. The maximum atomic E-state index is 5.84. The quantitative estimate of drug-likeness (QED) is 0.0429. The third-order valence-corrected chi connectivity index (χ3v) is 21.9. The molecule has 15 heteroatoms. The van der Waals surface area contributed by atoms with E-state index in [4.69, 9.17) is 86.8 Å². The molecule has 5 aliphatic rings. The van der Waals surface area contributed by atoms with Crippen LogP contribution in [0.4, 0.5) is 23.5 Å². The molecule has 5 aromatic rings. The Morgan fingerprint density at radius 2 is 0.350 bits per heavy atom. The van der Waals surface area contributed by atoms with E-state index in [1.807, 2.05) is 60.7 Å². The summed E-state index contributed by atoms with van der Waals surface area (Å²) in [7, 11) is 0. The predicted octanol–water partition coefficient (Wildman–Crippen LogP) is 26.6. The summed E-state index contributed by atoms with van der Waals surface area (Å²) in [6.45, 7) is 15.6. The molecule has 5 aromatic carbocycles. The predicted molar refractivity (Wildman–Crippen MR) is 426 cm³/mol. The second kappa shape index (κ2) is 57.9. The zero-order chi connectivity index (χ0) is 67.5. The Labute approximate surface area is 632 Å². The summed E-state index contributed by atoms with van der Waals surface area (Å²) < 4.78 is 29.2. The second-order valence-electron chi connectivity index (χ2n) is 28.5. The van der Waals surface area contributed by atoms with Gasteiger partial charge in [-0.25, -0.2) is 0 Å². The third kappa shape index (κ3) is 41.4. The van der Waals surface area contributed by atoms with Crippen LogP contribution < -0.4 is 0 Å². The first-order valence-corrected chi connectivity index (χ1v) is 40.3. The van der Waals surface area contributed by atoms with Crippen LogP contribution in [0.15, 0.2) is 146 Å². The van der Waals surface area contributed by atoms with Gasteiger partial charge in [0, 0.05) is 57.5 Å². The van der Waals surface area contributed by atoms with Gasteiger partial charge >= 0.3 is 0 Å². The maximum absolute atomic E-state index is 5.84. The van der Waals surface area contributed by atoms with Gasteiger partial charge in [0.2, 0.25) is 0 Å². The average molecular weight is 1490 g/mol. The first-order chi connectivity index (χ1) is 46.4. The lowest BCUT2D eigenvalue weighted by Crippen LogP contribution is -2.22.